The maximum atomic E-state index is 11.1. The van der Waals surface area contributed by atoms with Gasteiger partial charge in [0.1, 0.15) is 0 Å². The lowest BCUT2D eigenvalue weighted by Crippen LogP contribution is -2.41. The van der Waals surface area contributed by atoms with Gasteiger partial charge in [0.05, 0.1) is 0 Å². The van der Waals surface area contributed by atoms with Crippen molar-refractivity contribution < 1.29 is 85.7 Å². The molecule has 0 saturated heterocycles. The second kappa shape index (κ2) is 11.6. The normalized spacial score (nSPS) is 9.24. The van der Waals surface area contributed by atoms with Crippen molar-refractivity contribution in [1.82, 2.24) is 0 Å². The number of rotatable bonds is 6. The van der Waals surface area contributed by atoms with Crippen molar-refractivity contribution in [3.05, 3.63) is 0 Å². The highest BCUT2D eigenvalue weighted by atomic mass is 27.3. The van der Waals surface area contributed by atoms with Crippen molar-refractivity contribution in [2.75, 3.05) is 0 Å². The molecule has 0 heterocycles. The van der Waals surface area contributed by atoms with Crippen LogP contribution in [0.5, 0.6) is 0 Å². The van der Waals surface area contributed by atoms with Gasteiger partial charge in [-0.2, -0.15) is 0 Å². The van der Waals surface area contributed by atoms with E-state index in [1.165, 1.54) is 0 Å². The lowest BCUT2D eigenvalue weighted by Gasteiger charge is -2.10. The van der Waals surface area contributed by atoms with E-state index in [4.69, 9.17) is 15.8 Å². The zero-order valence-corrected chi connectivity index (χ0v) is 12.2. The molecule has 0 fully saturated rings. The summed E-state index contributed by atoms with van der Waals surface area (Å²) in [5, 5.41) is 31.8. The van der Waals surface area contributed by atoms with Gasteiger partial charge in [0.2, 0.25) is 0 Å². The van der Waals surface area contributed by atoms with Crippen LogP contribution in [-0.4, -0.2) is 66.7 Å². The SMILES string of the molecule is O=C(OOO)C(=O)[O][Al]([O]C(=O)C(=O)OOO)[O]C(=O)C(=O)OOO. The maximum Gasteiger partial charge on any atom is 1.20 e. The molecule has 0 saturated carbocycles. The monoisotopic (exact) mass is 390 g/mol. The third kappa shape index (κ3) is 8.51. The molecule has 0 aromatic carbocycles. The number of carbonyl (C=O) groups excluding carboxylic acids is 6. The first-order valence-corrected chi connectivity index (χ1v) is 6.37. The van der Waals surface area contributed by atoms with Crippen LogP contribution >= 0.6 is 0 Å². The molecule has 3 N–H and O–H groups in total. The minimum atomic E-state index is -4.51. The summed E-state index contributed by atoms with van der Waals surface area (Å²) in [6, 6.07) is 0. The lowest BCUT2D eigenvalue weighted by atomic mass is 10.7. The molecule has 0 aliphatic rings. The fraction of sp³-hybridized carbons (Fsp3) is 0. The molecule has 0 rings (SSSR count). The summed E-state index contributed by atoms with van der Waals surface area (Å²) in [6.07, 6.45) is 0. The highest BCUT2D eigenvalue weighted by Gasteiger charge is 2.53. The predicted molar refractivity (Wildman–Crippen MR) is 53.4 cm³/mol. The Morgan fingerprint density at radius 1 is 0.480 bits per heavy atom. The van der Waals surface area contributed by atoms with Crippen LogP contribution in [0.15, 0.2) is 0 Å². The molecule has 0 amide bonds. The van der Waals surface area contributed by atoms with Gasteiger partial charge in [0, 0.05) is 0 Å². The molecule has 0 atom stereocenters. The highest BCUT2D eigenvalue weighted by Crippen LogP contribution is 2.00. The summed E-state index contributed by atoms with van der Waals surface area (Å²) in [5.41, 5.74) is 0. The third-order valence-corrected chi connectivity index (χ3v) is 2.67. The van der Waals surface area contributed by atoms with Crippen molar-refractivity contribution in [2.24, 2.45) is 0 Å². The van der Waals surface area contributed by atoms with Crippen LogP contribution in [0.1, 0.15) is 0 Å². The van der Waals surface area contributed by atoms with Gasteiger partial charge in [-0.25, -0.2) is 44.5 Å². The van der Waals surface area contributed by atoms with E-state index in [1.807, 2.05) is 0 Å². The Balaban J connectivity index is 5.03. The summed E-state index contributed by atoms with van der Waals surface area (Å²) in [4.78, 5) is 75.5. The van der Waals surface area contributed by atoms with Crippen molar-refractivity contribution in [3.8, 4) is 0 Å². The average Bonchev–Trinajstić information content (AvgIpc) is 2.55. The first-order chi connectivity index (χ1) is 11.8. The Bertz CT molecular complexity index is 462. The molecular formula is C6H3AlO18. The summed E-state index contributed by atoms with van der Waals surface area (Å²) >= 11 is -4.51. The van der Waals surface area contributed by atoms with E-state index in [2.05, 4.69) is 41.1 Å². The minimum Gasteiger partial charge on any atom is -0.542 e. The molecule has 0 radical (unpaired) electrons. The van der Waals surface area contributed by atoms with Crippen molar-refractivity contribution in [1.29, 1.82) is 0 Å². The minimum absolute atomic E-state index is 2.06. The fourth-order valence-corrected chi connectivity index (χ4v) is 1.64. The zero-order chi connectivity index (χ0) is 19.4. The van der Waals surface area contributed by atoms with Gasteiger partial charge in [-0.15, -0.1) is 0 Å². The van der Waals surface area contributed by atoms with Gasteiger partial charge in [-0.3, -0.25) is 14.7 Å². The number of hydrogen-bond acceptors (Lipinski definition) is 18. The fourth-order valence-electron chi connectivity index (χ4n) is 0.682. The Morgan fingerprint density at radius 2 is 0.720 bits per heavy atom. The van der Waals surface area contributed by atoms with Crippen LogP contribution in [0.2, 0.25) is 0 Å². The molecule has 18 nitrogen and oxygen atoms in total. The standard InChI is InChI=1S/3C2H2O6.Al/c3*3-1(4)2(5)7-8-6;/h3*6H,(H,3,4);/q;;;+3/p-3. The van der Waals surface area contributed by atoms with Crippen LogP contribution in [-0.2, 0) is 69.9 Å². The van der Waals surface area contributed by atoms with E-state index < -0.39 is 51.0 Å². The molecule has 0 aliphatic carbocycles. The van der Waals surface area contributed by atoms with E-state index in [9.17, 15) is 28.8 Å². The van der Waals surface area contributed by atoms with Crippen LogP contribution < -0.4 is 0 Å². The van der Waals surface area contributed by atoms with Crippen LogP contribution in [0.25, 0.3) is 0 Å². The van der Waals surface area contributed by atoms with Gasteiger partial charge in [-0.1, -0.05) is 0 Å². The maximum absolute atomic E-state index is 11.1. The van der Waals surface area contributed by atoms with E-state index in [0.29, 0.717) is 0 Å². The number of carbonyl (C=O) groups is 6. The Morgan fingerprint density at radius 3 is 0.920 bits per heavy atom. The quantitative estimate of drug-likeness (QED) is 0.172. The van der Waals surface area contributed by atoms with Gasteiger partial charge in [-0.05, 0) is 15.1 Å². The molecule has 0 aromatic rings. The van der Waals surface area contributed by atoms with E-state index >= 15 is 0 Å². The van der Waals surface area contributed by atoms with E-state index in [0.717, 1.165) is 0 Å². The third-order valence-electron chi connectivity index (χ3n) is 1.45. The summed E-state index contributed by atoms with van der Waals surface area (Å²) < 4.78 is 12.0. The Hall–Kier alpha value is -2.89. The van der Waals surface area contributed by atoms with Gasteiger partial charge >= 0.3 is 51.0 Å². The molecule has 0 aromatic heterocycles. The topological polar surface area (TPSA) is 246 Å². The molecule has 0 unspecified atom stereocenters. The van der Waals surface area contributed by atoms with Crippen LogP contribution in [0.3, 0.4) is 0 Å². The van der Waals surface area contributed by atoms with E-state index in [1.54, 1.807) is 0 Å². The highest BCUT2D eigenvalue weighted by molar-refractivity contribution is 6.53. The van der Waals surface area contributed by atoms with E-state index in [-0.39, 0.29) is 0 Å². The van der Waals surface area contributed by atoms with Gasteiger partial charge in [0.25, 0.3) is 0 Å². The predicted octanol–water partition coefficient (Wildman–Crippen LogP) is -3.56. The Kier molecular flexibility index (Phi) is 10.3. The lowest BCUT2D eigenvalue weighted by molar-refractivity contribution is -0.460. The molecule has 138 valence electrons. The smallest absolute Gasteiger partial charge is 0.542 e. The van der Waals surface area contributed by atoms with Gasteiger partial charge in [0.15, 0.2) is 0 Å². The zero-order valence-electron chi connectivity index (χ0n) is 11.0. The molecule has 25 heavy (non-hydrogen) atoms. The summed E-state index contributed by atoms with van der Waals surface area (Å²) in [7, 11) is 0. The number of hydrogen-bond donors (Lipinski definition) is 3. The largest absolute Gasteiger partial charge is 1.20 e. The molecule has 0 spiro atoms. The van der Waals surface area contributed by atoms with Crippen molar-refractivity contribution >= 4 is 51.0 Å². The van der Waals surface area contributed by atoms with Crippen molar-refractivity contribution in [3.63, 3.8) is 0 Å². The summed E-state index contributed by atoms with van der Waals surface area (Å²) in [5.74, 6) is -12.5. The molecule has 0 bridgehead atoms. The van der Waals surface area contributed by atoms with Crippen LogP contribution in [0.4, 0.5) is 0 Å². The molecular weight excluding hydrogens is 387 g/mol. The summed E-state index contributed by atoms with van der Waals surface area (Å²) in [6.45, 7) is 0. The second-order valence-corrected chi connectivity index (χ2v) is 4.13. The molecule has 0 aliphatic heterocycles. The first kappa shape index (κ1) is 22.1. The Labute approximate surface area is 137 Å². The van der Waals surface area contributed by atoms with Crippen molar-refractivity contribution in [2.45, 2.75) is 0 Å². The second-order valence-electron chi connectivity index (χ2n) is 2.84. The average molecular weight is 390 g/mol. The van der Waals surface area contributed by atoms with Gasteiger partial charge < -0.3 is 11.4 Å². The van der Waals surface area contributed by atoms with Crippen LogP contribution in [0, 0.1) is 0 Å². The first-order valence-electron chi connectivity index (χ1n) is 4.95. The molecule has 19 heteroatoms.